The van der Waals surface area contributed by atoms with Crippen LogP contribution in [0.5, 0.6) is 0 Å². The monoisotopic (exact) mass is 404 g/mol. The molecule has 0 aliphatic heterocycles. The van der Waals surface area contributed by atoms with E-state index in [1.807, 2.05) is 36.4 Å². The molecule has 0 bridgehead atoms. The van der Waals surface area contributed by atoms with E-state index in [0.717, 1.165) is 39.7 Å². The lowest BCUT2D eigenvalue weighted by molar-refractivity contribution is 0.696. The third kappa shape index (κ3) is 3.19. The smallest absolute Gasteiger partial charge is 0.288 e. The molecule has 0 amide bonds. The van der Waals surface area contributed by atoms with Gasteiger partial charge in [0.25, 0.3) is 5.56 Å². The highest BCUT2D eigenvalue weighted by molar-refractivity contribution is 7.98. The van der Waals surface area contributed by atoms with Crippen LogP contribution in [0.4, 0.5) is 0 Å². The molecular formula is C23H20N2OS2. The fourth-order valence-corrected chi connectivity index (χ4v) is 6.07. The molecule has 1 aliphatic carbocycles. The molecule has 5 heteroatoms. The third-order valence-corrected chi connectivity index (χ3v) is 7.45. The average Bonchev–Trinajstić information content (AvgIpc) is 3.14. The summed E-state index contributed by atoms with van der Waals surface area (Å²) in [7, 11) is 0. The number of nitrogens with zero attached hydrogens (tertiary/aromatic N) is 2. The van der Waals surface area contributed by atoms with Crippen molar-refractivity contribution in [1.82, 2.24) is 9.55 Å². The van der Waals surface area contributed by atoms with Gasteiger partial charge in [-0.25, -0.2) is 0 Å². The van der Waals surface area contributed by atoms with E-state index >= 15 is 0 Å². The molecule has 5 rings (SSSR count). The Morgan fingerprint density at radius 2 is 1.68 bits per heavy atom. The van der Waals surface area contributed by atoms with Crippen LogP contribution in [0.15, 0.2) is 70.6 Å². The van der Waals surface area contributed by atoms with E-state index in [2.05, 4.69) is 33.8 Å². The number of fused-ring (bicyclic) bond motifs is 3. The van der Waals surface area contributed by atoms with Crippen LogP contribution in [0, 0.1) is 0 Å². The van der Waals surface area contributed by atoms with Crippen molar-refractivity contribution in [2.24, 2.45) is 0 Å². The minimum atomic E-state index is -0.0860. The zero-order chi connectivity index (χ0) is 18.9. The van der Waals surface area contributed by atoms with Gasteiger partial charge in [0, 0.05) is 16.3 Å². The number of hydrogen-bond donors (Lipinski definition) is 0. The van der Waals surface area contributed by atoms with E-state index in [4.69, 9.17) is 0 Å². The first-order valence-corrected chi connectivity index (χ1v) is 11.4. The van der Waals surface area contributed by atoms with E-state index in [0.29, 0.717) is 0 Å². The van der Waals surface area contributed by atoms with Crippen LogP contribution in [-0.4, -0.2) is 9.55 Å². The van der Waals surface area contributed by atoms with Gasteiger partial charge in [-0.1, -0.05) is 60.3 Å². The summed E-state index contributed by atoms with van der Waals surface area (Å²) in [4.78, 5) is 18.8. The Labute approximate surface area is 172 Å². The van der Waals surface area contributed by atoms with Crippen LogP contribution in [0.25, 0.3) is 15.9 Å². The highest BCUT2D eigenvalue weighted by Crippen LogP contribution is 2.37. The van der Waals surface area contributed by atoms with Crippen LogP contribution in [0.2, 0.25) is 0 Å². The molecule has 0 unspecified atom stereocenters. The van der Waals surface area contributed by atoms with Crippen molar-refractivity contribution in [3.63, 3.8) is 0 Å². The molecular weight excluding hydrogens is 384 g/mol. The van der Waals surface area contributed by atoms with Crippen molar-refractivity contribution in [3.05, 3.63) is 87.0 Å². The lowest BCUT2D eigenvalue weighted by Crippen LogP contribution is -2.15. The van der Waals surface area contributed by atoms with E-state index in [9.17, 15) is 4.79 Å². The lowest BCUT2D eigenvalue weighted by atomic mass is 9.98. The maximum atomic E-state index is 12.9. The average molecular weight is 405 g/mol. The maximum Gasteiger partial charge on any atom is 0.291 e. The van der Waals surface area contributed by atoms with Gasteiger partial charge >= 0.3 is 0 Å². The Bertz CT molecular complexity index is 1180. The van der Waals surface area contributed by atoms with Gasteiger partial charge in [0.1, 0.15) is 4.70 Å². The first-order chi connectivity index (χ1) is 13.8. The van der Waals surface area contributed by atoms with E-state index < -0.39 is 0 Å². The Morgan fingerprint density at radius 3 is 2.46 bits per heavy atom. The number of rotatable bonds is 4. The fourth-order valence-electron chi connectivity index (χ4n) is 3.85. The van der Waals surface area contributed by atoms with Crippen molar-refractivity contribution in [3.8, 4) is 5.69 Å². The molecule has 1 aliphatic rings. The summed E-state index contributed by atoms with van der Waals surface area (Å²) in [6.07, 6.45) is 4.53. The van der Waals surface area contributed by atoms with Crippen molar-refractivity contribution < 1.29 is 0 Å². The Hall–Kier alpha value is -2.37. The lowest BCUT2D eigenvalue weighted by Gasteiger charge is -2.17. The second-order valence-electron chi connectivity index (χ2n) is 7.03. The molecule has 0 saturated heterocycles. The van der Waals surface area contributed by atoms with E-state index in [1.165, 1.54) is 28.8 Å². The Balaban J connectivity index is 1.71. The molecule has 2 aromatic heterocycles. The van der Waals surface area contributed by atoms with Crippen molar-refractivity contribution in [2.45, 2.75) is 36.6 Å². The minimum Gasteiger partial charge on any atom is -0.288 e. The van der Waals surface area contributed by atoms with Crippen LogP contribution in [0.3, 0.4) is 0 Å². The molecule has 2 heterocycles. The number of thioether (sulfide) groups is 1. The SMILES string of the molecule is O=c1nc(SCc2ccccc2)n(-c2ccccc2)c2c3c(sc12)CCCC3. The van der Waals surface area contributed by atoms with Crippen LogP contribution < -0.4 is 5.56 Å². The summed E-state index contributed by atoms with van der Waals surface area (Å²) in [5, 5.41) is 0.777. The van der Waals surface area contributed by atoms with Crippen molar-refractivity contribution in [2.75, 3.05) is 0 Å². The Kier molecular flexibility index (Phi) is 4.79. The predicted octanol–water partition coefficient (Wildman–Crippen LogP) is 5.62. The molecule has 0 radical (unpaired) electrons. The number of thiophene rings is 1. The van der Waals surface area contributed by atoms with Gasteiger partial charge in [-0.05, 0) is 48.9 Å². The number of para-hydroxylation sites is 1. The summed E-state index contributed by atoms with van der Waals surface area (Å²) in [5.41, 5.74) is 4.66. The van der Waals surface area contributed by atoms with Gasteiger partial charge in [-0.15, -0.1) is 11.3 Å². The summed E-state index contributed by atoms with van der Waals surface area (Å²) in [5.74, 6) is 0.790. The molecule has 0 fully saturated rings. The topological polar surface area (TPSA) is 34.9 Å². The zero-order valence-corrected chi connectivity index (χ0v) is 17.1. The molecule has 0 spiro atoms. The number of aryl methyl sites for hydroxylation is 2. The van der Waals surface area contributed by atoms with E-state index in [1.54, 1.807) is 23.1 Å². The number of benzene rings is 2. The van der Waals surface area contributed by atoms with Crippen molar-refractivity contribution in [1.29, 1.82) is 0 Å². The molecule has 28 heavy (non-hydrogen) atoms. The fraction of sp³-hybridized carbons (Fsp3) is 0.217. The number of aromatic nitrogens is 2. The first kappa shape index (κ1) is 17.7. The highest BCUT2D eigenvalue weighted by Gasteiger charge is 2.23. The molecule has 3 nitrogen and oxygen atoms in total. The quantitative estimate of drug-likeness (QED) is 0.327. The second kappa shape index (κ2) is 7.57. The molecule has 0 saturated carbocycles. The molecule has 4 aromatic rings. The zero-order valence-electron chi connectivity index (χ0n) is 15.4. The largest absolute Gasteiger partial charge is 0.291 e. The molecule has 140 valence electrons. The first-order valence-electron chi connectivity index (χ1n) is 9.61. The second-order valence-corrected chi connectivity index (χ2v) is 9.08. The third-order valence-electron chi connectivity index (χ3n) is 5.17. The number of hydrogen-bond acceptors (Lipinski definition) is 4. The summed E-state index contributed by atoms with van der Waals surface area (Å²) >= 11 is 3.29. The van der Waals surface area contributed by atoms with Gasteiger partial charge in [0.2, 0.25) is 0 Å². The normalized spacial score (nSPS) is 13.6. The van der Waals surface area contributed by atoms with Crippen LogP contribution in [-0.2, 0) is 18.6 Å². The molecule has 0 N–H and O–H groups in total. The van der Waals surface area contributed by atoms with Gasteiger partial charge in [0.15, 0.2) is 5.16 Å². The van der Waals surface area contributed by atoms with Crippen molar-refractivity contribution >= 4 is 33.3 Å². The minimum absolute atomic E-state index is 0.0860. The Morgan fingerprint density at radius 1 is 0.964 bits per heavy atom. The standard InChI is InChI=1S/C23H20N2OS2/c26-22-21-20(18-13-7-8-14-19(18)28-21)25(17-11-5-2-6-12-17)23(24-22)27-15-16-9-3-1-4-10-16/h1-6,9-12H,7-8,13-15H2. The van der Waals surface area contributed by atoms with E-state index in [-0.39, 0.29) is 5.56 Å². The predicted molar refractivity (Wildman–Crippen MR) is 118 cm³/mol. The summed E-state index contributed by atoms with van der Waals surface area (Å²) in [6.45, 7) is 0. The summed E-state index contributed by atoms with van der Waals surface area (Å²) < 4.78 is 3.02. The summed E-state index contributed by atoms with van der Waals surface area (Å²) in [6, 6.07) is 20.7. The van der Waals surface area contributed by atoms with Gasteiger partial charge in [-0.2, -0.15) is 4.98 Å². The van der Waals surface area contributed by atoms with Gasteiger partial charge in [-0.3, -0.25) is 9.36 Å². The van der Waals surface area contributed by atoms with Gasteiger partial charge in [0.05, 0.1) is 5.52 Å². The highest BCUT2D eigenvalue weighted by atomic mass is 32.2. The maximum absolute atomic E-state index is 12.9. The van der Waals surface area contributed by atoms with Crippen LogP contribution in [0.1, 0.15) is 28.8 Å². The van der Waals surface area contributed by atoms with Crippen LogP contribution >= 0.6 is 23.1 Å². The molecule has 2 aromatic carbocycles. The van der Waals surface area contributed by atoms with Gasteiger partial charge < -0.3 is 0 Å². The molecule has 0 atom stereocenters.